The number of nitrogens with one attached hydrogen (secondary N) is 1. The molecule has 0 unspecified atom stereocenters. The monoisotopic (exact) mass is 322 g/mol. The first-order valence-electron chi connectivity index (χ1n) is 8.14. The normalized spacial score (nSPS) is 20.7. The van der Waals surface area contributed by atoms with E-state index in [9.17, 15) is 0 Å². The number of nitrogens with zero attached hydrogens (tertiary/aromatic N) is 5. The van der Waals surface area contributed by atoms with Gasteiger partial charge in [-0.05, 0) is 37.8 Å². The molecule has 0 aliphatic heterocycles. The lowest BCUT2D eigenvalue weighted by Gasteiger charge is -2.29. The Labute approximate surface area is 139 Å². The highest BCUT2D eigenvalue weighted by molar-refractivity contribution is 5.71. The van der Waals surface area contributed by atoms with Crippen molar-refractivity contribution in [1.29, 1.82) is 0 Å². The Morgan fingerprint density at radius 1 is 0.917 bits per heavy atom. The van der Waals surface area contributed by atoms with Crippen LogP contribution in [0.3, 0.4) is 0 Å². The molecule has 0 aromatic carbocycles. The smallest absolute Gasteiger partial charge is 0.232 e. The topological polar surface area (TPSA) is 85.7 Å². The van der Waals surface area contributed by atoms with E-state index in [-0.39, 0.29) is 6.10 Å². The number of anilines is 1. The second-order valence-electron chi connectivity index (χ2n) is 5.88. The van der Waals surface area contributed by atoms with Crippen LogP contribution < -0.4 is 10.1 Å². The number of hydrogen-bond acceptors (Lipinski definition) is 7. The van der Waals surface area contributed by atoms with Crippen molar-refractivity contribution in [3.8, 4) is 5.88 Å². The highest BCUT2D eigenvalue weighted by atomic mass is 16.5. The molecule has 0 spiro atoms. The Bertz CT molecular complexity index is 804. The SMILES string of the molecule is c1cnc(OC2CCC(Nc3ccc4nccnc4n3)CC2)cn1. The van der Waals surface area contributed by atoms with Crippen molar-refractivity contribution < 1.29 is 4.74 Å². The molecule has 0 amide bonds. The second kappa shape index (κ2) is 6.74. The van der Waals surface area contributed by atoms with Gasteiger partial charge in [-0.2, -0.15) is 0 Å². The van der Waals surface area contributed by atoms with Gasteiger partial charge in [-0.25, -0.2) is 15.0 Å². The number of fused-ring (bicyclic) bond motifs is 1. The summed E-state index contributed by atoms with van der Waals surface area (Å²) in [5.41, 5.74) is 1.48. The van der Waals surface area contributed by atoms with Crippen LogP contribution in [0.5, 0.6) is 5.88 Å². The number of rotatable bonds is 4. The van der Waals surface area contributed by atoms with Crippen molar-refractivity contribution in [1.82, 2.24) is 24.9 Å². The van der Waals surface area contributed by atoms with E-state index in [1.165, 1.54) is 0 Å². The molecule has 3 aromatic rings. The minimum atomic E-state index is 0.204. The van der Waals surface area contributed by atoms with E-state index in [1.54, 1.807) is 31.0 Å². The number of pyridine rings is 1. The molecule has 1 saturated carbocycles. The summed E-state index contributed by atoms with van der Waals surface area (Å²) in [6.45, 7) is 0. The van der Waals surface area contributed by atoms with Gasteiger partial charge in [0.15, 0.2) is 5.65 Å². The molecular weight excluding hydrogens is 304 g/mol. The molecule has 1 aliphatic rings. The van der Waals surface area contributed by atoms with Gasteiger partial charge in [0.05, 0.1) is 6.20 Å². The van der Waals surface area contributed by atoms with Gasteiger partial charge in [0, 0.05) is 30.8 Å². The summed E-state index contributed by atoms with van der Waals surface area (Å²) in [7, 11) is 0. The number of ether oxygens (including phenoxy) is 1. The van der Waals surface area contributed by atoms with Crippen LogP contribution in [0.15, 0.2) is 43.1 Å². The molecule has 3 heterocycles. The fourth-order valence-corrected chi connectivity index (χ4v) is 2.99. The highest BCUT2D eigenvalue weighted by Gasteiger charge is 2.23. The van der Waals surface area contributed by atoms with E-state index < -0.39 is 0 Å². The van der Waals surface area contributed by atoms with Gasteiger partial charge in [-0.15, -0.1) is 0 Å². The number of aromatic nitrogens is 5. The van der Waals surface area contributed by atoms with E-state index in [2.05, 4.69) is 30.2 Å². The molecule has 0 saturated heterocycles. The molecule has 1 fully saturated rings. The zero-order valence-corrected chi connectivity index (χ0v) is 13.2. The summed E-state index contributed by atoms with van der Waals surface area (Å²) < 4.78 is 5.88. The third-order valence-electron chi connectivity index (χ3n) is 4.18. The molecule has 1 aliphatic carbocycles. The van der Waals surface area contributed by atoms with Crippen LogP contribution >= 0.6 is 0 Å². The van der Waals surface area contributed by atoms with Gasteiger partial charge in [0.1, 0.15) is 17.4 Å². The van der Waals surface area contributed by atoms with Crippen LogP contribution in [-0.4, -0.2) is 37.1 Å². The van der Waals surface area contributed by atoms with Crippen LogP contribution in [0.25, 0.3) is 11.2 Å². The van der Waals surface area contributed by atoms with Gasteiger partial charge in [0.25, 0.3) is 0 Å². The van der Waals surface area contributed by atoms with E-state index in [1.807, 2.05) is 12.1 Å². The van der Waals surface area contributed by atoms with Gasteiger partial charge < -0.3 is 10.1 Å². The van der Waals surface area contributed by atoms with Gasteiger partial charge in [-0.1, -0.05) is 0 Å². The quantitative estimate of drug-likeness (QED) is 0.790. The molecule has 4 rings (SSSR count). The molecule has 0 radical (unpaired) electrons. The minimum absolute atomic E-state index is 0.204. The largest absolute Gasteiger partial charge is 0.473 e. The predicted octanol–water partition coefficient (Wildman–Crippen LogP) is 2.62. The summed E-state index contributed by atoms with van der Waals surface area (Å²) in [5.74, 6) is 1.45. The zero-order valence-electron chi connectivity index (χ0n) is 13.2. The summed E-state index contributed by atoms with van der Waals surface area (Å²) in [4.78, 5) is 21.2. The van der Waals surface area contributed by atoms with Crippen molar-refractivity contribution in [2.45, 2.75) is 37.8 Å². The van der Waals surface area contributed by atoms with Crippen LogP contribution in [0, 0.1) is 0 Å². The lowest BCUT2D eigenvalue weighted by molar-refractivity contribution is 0.143. The molecule has 0 bridgehead atoms. The summed E-state index contributed by atoms with van der Waals surface area (Å²) in [6.07, 6.45) is 12.5. The molecule has 0 atom stereocenters. The van der Waals surface area contributed by atoms with Crippen molar-refractivity contribution in [2.75, 3.05) is 5.32 Å². The summed E-state index contributed by atoms with van der Waals surface area (Å²) >= 11 is 0. The van der Waals surface area contributed by atoms with E-state index >= 15 is 0 Å². The maximum absolute atomic E-state index is 5.88. The van der Waals surface area contributed by atoms with Gasteiger partial charge >= 0.3 is 0 Å². The summed E-state index contributed by atoms with van der Waals surface area (Å²) in [5, 5.41) is 3.49. The van der Waals surface area contributed by atoms with Gasteiger partial charge in [-0.3, -0.25) is 9.97 Å². The van der Waals surface area contributed by atoms with E-state index in [0.717, 1.165) is 37.0 Å². The number of hydrogen-bond donors (Lipinski definition) is 1. The first-order chi connectivity index (χ1) is 11.9. The third kappa shape index (κ3) is 3.40. The van der Waals surface area contributed by atoms with Crippen LogP contribution in [0.1, 0.15) is 25.7 Å². The fraction of sp³-hybridized carbons (Fsp3) is 0.353. The van der Waals surface area contributed by atoms with Gasteiger partial charge in [0.2, 0.25) is 5.88 Å². The van der Waals surface area contributed by atoms with E-state index in [4.69, 9.17) is 4.74 Å². The zero-order chi connectivity index (χ0) is 16.2. The predicted molar refractivity (Wildman–Crippen MR) is 89.7 cm³/mol. The van der Waals surface area contributed by atoms with Crippen molar-refractivity contribution >= 4 is 17.0 Å². The fourth-order valence-electron chi connectivity index (χ4n) is 2.99. The Hall–Kier alpha value is -2.83. The Morgan fingerprint density at radius 3 is 2.58 bits per heavy atom. The van der Waals surface area contributed by atoms with Crippen molar-refractivity contribution in [2.24, 2.45) is 0 Å². The average Bonchev–Trinajstić information content (AvgIpc) is 2.64. The molecular formula is C17H18N6O. The Balaban J connectivity index is 1.34. The first-order valence-corrected chi connectivity index (χ1v) is 8.14. The molecule has 7 nitrogen and oxygen atoms in total. The lowest BCUT2D eigenvalue weighted by Crippen LogP contribution is -2.31. The van der Waals surface area contributed by atoms with E-state index in [0.29, 0.717) is 17.6 Å². The molecule has 24 heavy (non-hydrogen) atoms. The minimum Gasteiger partial charge on any atom is -0.473 e. The molecule has 122 valence electrons. The summed E-state index contributed by atoms with van der Waals surface area (Å²) in [6, 6.07) is 4.30. The maximum atomic E-state index is 5.88. The molecule has 1 N–H and O–H groups in total. The third-order valence-corrected chi connectivity index (χ3v) is 4.18. The highest BCUT2D eigenvalue weighted by Crippen LogP contribution is 2.25. The van der Waals surface area contributed by atoms with Crippen LogP contribution in [-0.2, 0) is 0 Å². The Kier molecular flexibility index (Phi) is 4.14. The van der Waals surface area contributed by atoms with Crippen LogP contribution in [0.2, 0.25) is 0 Å². The second-order valence-corrected chi connectivity index (χ2v) is 5.88. The first kappa shape index (κ1) is 14.7. The average molecular weight is 322 g/mol. The lowest BCUT2D eigenvalue weighted by atomic mass is 9.93. The Morgan fingerprint density at radius 2 is 1.75 bits per heavy atom. The standard InChI is InChI=1S/C17H18N6O/c1-3-13(24-16-11-18-7-8-20-16)4-2-12(1)22-15-6-5-14-17(23-15)21-10-9-19-14/h5-13H,1-4H2,(H,21,22,23). The molecule has 3 aromatic heterocycles. The van der Waals surface area contributed by atoms with Crippen molar-refractivity contribution in [3.05, 3.63) is 43.1 Å². The maximum Gasteiger partial charge on any atom is 0.232 e. The van der Waals surface area contributed by atoms with Crippen molar-refractivity contribution in [3.63, 3.8) is 0 Å². The van der Waals surface area contributed by atoms with Crippen LogP contribution in [0.4, 0.5) is 5.82 Å². The molecule has 7 heteroatoms.